The molecule has 3 aliphatic heterocycles. The highest BCUT2D eigenvalue weighted by Crippen LogP contribution is 2.39. The molecule has 112 valence electrons. The SMILES string of the molecule is O=C1OCC(C2CS(=O)(=O)OCCC23COC(=O)O3)O1. The first-order valence-electron chi connectivity index (χ1n) is 5.96. The fourth-order valence-electron chi connectivity index (χ4n) is 2.64. The Morgan fingerprint density at radius 3 is 2.55 bits per heavy atom. The molecule has 20 heavy (non-hydrogen) atoms. The molecule has 0 aromatic carbocycles. The zero-order valence-corrected chi connectivity index (χ0v) is 11.1. The molecule has 0 aromatic rings. The van der Waals surface area contributed by atoms with E-state index in [-0.39, 0.29) is 26.2 Å². The maximum Gasteiger partial charge on any atom is 0.509 e. The number of hydrogen-bond donors (Lipinski definition) is 0. The van der Waals surface area contributed by atoms with E-state index < -0.39 is 45.8 Å². The monoisotopic (exact) mass is 308 g/mol. The van der Waals surface area contributed by atoms with Crippen LogP contribution in [-0.4, -0.2) is 58.0 Å². The van der Waals surface area contributed by atoms with Gasteiger partial charge in [0.25, 0.3) is 10.1 Å². The van der Waals surface area contributed by atoms with E-state index in [4.69, 9.17) is 18.4 Å². The molecule has 0 aromatic heterocycles. The summed E-state index contributed by atoms with van der Waals surface area (Å²) in [4.78, 5) is 22.3. The number of carbonyl (C=O) groups is 2. The average molecular weight is 308 g/mol. The number of hydrogen-bond acceptors (Lipinski definition) is 9. The normalized spacial score (nSPS) is 39.6. The van der Waals surface area contributed by atoms with Crippen molar-refractivity contribution in [2.45, 2.75) is 18.1 Å². The van der Waals surface area contributed by atoms with Gasteiger partial charge in [-0.3, -0.25) is 4.18 Å². The van der Waals surface area contributed by atoms with Gasteiger partial charge in [-0.25, -0.2) is 9.59 Å². The summed E-state index contributed by atoms with van der Waals surface area (Å²) < 4.78 is 47.9. The van der Waals surface area contributed by atoms with Crippen LogP contribution in [0.5, 0.6) is 0 Å². The lowest BCUT2D eigenvalue weighted by atomic mass is 9.83. The molecule has 10 heteroatoms. The Balaban J connectivity index is 1.93. The Labute approximate surface area is 114 Å². The molecule has 3 aliphatic rings. The number of carbonyl (C=O) groups excluding carboxylic acids is 2. The first kappa shape index (κ1) is 13.4. The van der Waals surface area contributed by atoms with E-state index in [1.807, 2.05) is 0 Å². The summed E-state index contributed by atoms with van der Waals surface area (Å²) in [5.41, 5.74) is -1.18. The summed E-state index contributed by atoms with van der Waals surface area (Å²) in [6.07, 6.45) is -2.44. The lowest BCUT2D eigenvalue weighted by Crippen LogP contribution is -2.49. The van der Waals surface area contributed by atoms with Gasteiger partial charge in [0, 0.05) is 6.42 Å². The minimum Gasteiger partial charge on any atom is -0.430 e. The molecule has 9 nitrogen and oxygen atoms in total. The first-order valence-corrected chi connectivity index (χ1v) is 7.54. The summed E-state index contributed by atoms with van der Waals surface area (Å²) in [7, 11) is -3.80. The average Bonchev–Trinajstić information content (AvgIpc) is 2.90. The number of cyclic esters (lactones) is 3. The van der Waals surface area contributed by atoms with Gasteiger partial charge in [-0.2, -0.15) is 8.42 Å². The van der Waals surface area contributed by atoms with Crippen molar-refractivity contribution in [3.8, 4) is 0 Å². The summed E-state index contributed by atoms with van der Waals surface area (Å²) in [6.45, 7) is -0.335. The lowest BCUT2D eigenvalue weighted by Gasteiger charge is -2.32. The highest BCUT2D eigenvalue weighted by molar-refractivity contribution is 7.86. The second-order valence-electron chi connectivity index (χ2n) is 4.83. The maximum absolute atomic E-state index is 11.8. The van der Waals surface area contributed by atoms with Gasteiger partial charge in [0.05, 0.1) is 18.3 Å². The third-order valence-corrected chi connectivity index (χ3v) is 4.92. The Kier molecular flexibility index (Phi) is 3.01. The molecule has 3 saturated heterocycles. The molecule has 3 unspecified atom stereocenters. The van der Waals surface area contributed by atoms with Crippen LogP contribution in [0.25, 0.3) is 0 Å². The molecule has 0 aliphatic carbocycles. The van der Waals surface area contributed by atoms with E-state index in [0.717, 1.165) is 0 Å². The van der Waals surface area contributed by atoms with Crippen LogP contribution in [-0.2, 0) is 33.2 Å². The number of rotatable bonds is 1. The van der Waals surface area contributed by atoms with Crippen LogP contribution < -0.4 is 0 Å². The van der Waals surface area contributed by atoms with E-state index >= 15 is 0 Å². The molecule has 0 bridgehead atoms. The highest BCUT2D eigenvalue weighted by atomic mass is 32.2. The van der Waals surface area contributed by atoms with Crippen LogP contribution in [0.2, 0.25) is 0 Å². The van der Waals surface area contributed by atoms with E-state index in [1.54, 1.807) is 0 Å². The van der Waals surface area contributed by atoms with E-state index in [2.05, 4.69) is 4.74 Å². The van der Waals surface area contributed by atoms with Gasteiger partial charge >= 0.3 is 12.3 Å². The molecular formula is C10H12O9S. The second-order valence-corrected chi connectivity index (χ2v) is 6.51. The van der Waals surface area contributed by atoms with Crippen molar-refractivity contribution in [1.82, 2.24) is 0 Å². The standard InChI is InChI=1S/C10H12O9S/c11-8-15-3-7(18-8)6-4-20(13,14)17-2-1-10(6)5-16-9(12)19-10/h6-7H,1-5H2. The van der Waals surface area contributed by atoms with Crippen LogP contribution in [0.15, 0.2) is 0 Å². The summed E-state index contributed by atoms with van der Waals surface area (Å²) >= 11 is 0. The Hall–Kier alpha value is -1.55. The fourth-order valence-corrected chi connectivity index (χ4v) is 4.04. The van der Waals surface area contributed by atoms with Gasteiger partial charge in [0.1, 0.15) is 19.3 Å². The van der Waals surface area contributed by atoms with Gasteiger partial charge in [-0.15, -0.1) is 0 Å². The largest absolute Gasteiger partial charge is 0.509 e. The first-order chi connectivity index (χ1) is 9.40. The highest BCUT2D eigenvalue weighted by Gasteiger charge is 2.57. The van der Waals surface area contributed by atoms with Crippen molar-refractivity contribution < 1.29 is 41.1 Å². The molecule has 0 saturated carbocycles. The van der Waals surface area contributed by atoms with E-state index in [0.29, 0.717) is 0 Å². The Morgan fingerprint density at radius 1 is 1.15 bits per heavy atom. The third-order valence-electron chi connectivity index (χ3n) is 3.63. The van der Waals surface area contributed by atoms with Gasteiger partial charge in [-0.1, -0.05) is 0 Å². The minimum absolute atomic E-state index is 0.0989. The van der Waals surface area contributed by atoms with Crippen LogP contribution in [0.1, 0.15) is 6.42 Å². The molecular weight excluding hydrogens is 296 g/mol. The molecule has 3 fully saturated rings. The zero-order valence-electron chi connectivity index (χ0n) is 10.3. The zero-order chi connectivity index (χ0) is 14.4. The Morgan fingerprint density at radius 2 is 1.95 bits per heavy atom. The van der Waals surface area contributed by atoms with Gasteiger partial charge in [0.15, 0.2) is 5.60 Å². The number of ether oxygens (including phenoxy) is 4. The molecule has 0 N–H and O–H groups in total. The van der Waals surface area contributed by atoms with Crippen molar-refractivity contribution in [3.63, 3.8) is 0 Å². The van der Waals surface area contributed by atoms with Crippen LogP contribution >= 0.6 is 0 Å². The second kappa shape index (κ2) is 4.48. The van der Waals surface area contributed by atoms with Gasteiger partial charge in [-0.05, 0) is 0 Å². The summed E-state index contributed by atoms with van der Waals surface area (Å²) in [5, 5.41) is 0. The minimum atomic E-state index is -3.80. The third kappa shape index (κ3) is 2.29. The predicted octanol–water partition coefficient (Wildman–Crippen LogP) is -0.206. The van der Waals surface area contributed by atoms with E-state index in [1.165, 1.54) is 0 Å². The topological polar surface area (TPSA) is 114 Å². The van der Waals surface area contributed by atoms with Crippen LogP contribution in [0, 0.1) is 5.92 Å². The van der Waals surface area contributed by atoms with Crippen molar-refractivity contribution in [2.75, 3.05) is 25.6 Å². The smallest absolute Gasteiger partial charge is 0.430 e. The maximum atomic E-state index is 11.8. The fraction of sp³-hybridized carbons (Fsp3) is 0.800. The Bertz CT molecular complexity index is 541. The summed E-state index contributed by atoms with van der Waals surface area (Å²) in [6, 6.07) is 0. The van der Waals surface area contributed by atoms with Gasteiger partial charge < -0.3 is 18.9 Å². The van der Waals surface area contributed by atoms with Crippen molar-refractivity contribution in [2.24, 2.45) is 5.92 Å². The van der Waals surface area contributed by atoms with Crippen molar-refractivity contribution >= 4 is 22.4 Å². The molecule has 3 rings (SSSR count). The van der Waals surface area contributed by atoms with Gasteiger partial charge in [0.2, 0.25) is 0 Å². The van der Waals surface area contributed by atoms with Crippen molar-refractivity contribution in [3.05, 3.63) is 0 Å². The molecule has 3 heterocycles. The van der Waals surface area contributed by atoms with E-state index in [9.17, 15) is 18.0 Å². The summed E-state index contributed by atoms with van der Waals surface area (Å²) in [5.74, 6) is -1.24. The molecule has 3 atom stereocenters. The van der Waals surface area contributed by atoms with Crippen molar-refractivity contribution in [1.29, 1.82) is 0 Å². The molecule has 0 radical (unpaired) electrons. The molecule has 1 spiro atoms. The predicted molar refractivity (Wildman–Crippen MR) is 59.2 cm³/mol. The lowest BCUT2D eigenvalue weighted by molar-refractivity contribution is -0.0392. The molecule has 0 amide bonds. The quantitative estimate of drug-likeness (QED) is 0.479. The van der Waals surface area contributed by atoms with Crippen LogP contribution in [0.4, 0.5) is 9.59 Å². The van der Waals surface area contributed by atoms with Crippen LogP contribution in [0.3, 0.4) is 0 Å².